The largest absolute Gasteiger partial charge is 0.471 e. The number of piperidine rings is 1. The van der Waals surface area contributed by atoms with E-state index in [4.69, 9.17) is 4.74 Å². The van der Waals surface area contributed by atoms with Crippen LogP contribution in [0.25, 0.3) is 0 Å². The van der Waals surface area contributed by atoms with E-state index in [-0.39, 0.29) is 12.0 Å². The Labute approximate surface area is 176 Å². The van der Waals surface area contributed by atoms with Crippen LogP contribution in [-0.2, 0) is 14.3 Å². The van der Waals surface area contributed by atoms with Crippen molar-refractivity contribution in [3.63, 3.8) is 0 Å². The molecule has 1 saturated heterocycles. The molecule has 0 bridgehead atoms. The number of carbonyl (C=O) groups is 2. The number of aliphatic imine (C=N–C) groups is 1. The first-order valence-corrected chi connectivity index (χ1v) is 10.4. The molecule has 0 radical (unpaired) electrons. The van der Waals surface area contributed by atoms with Gasteiger partial charge in [-0.05, 0) is 37.6 Å². The van der Waals surface area contributed by atoms with Crippen LogP contribution in [0, 0.1) is 6.92 Å². The molecule has 156 valence electrons. The number of rotatable bonds is 5. The lowest BCUT2D eigenvalue weighted by Gasteiger charge is -2.27. The van der Waals surface area contributed by atoms with Gasteiger partial charge >= 0.3 is 0 Å². The molecule has 3 heterocycles. The molecule has 0 spiro atoms. The number of aryl methyl sites for hydroxylation is 1. The summed E-state index contributed by atoms with van der Waals surface area (Å²) in [5, 5.41) is 2.91. The van der Waals surface area contributed by atoms with Gasteiger partial charge in [0, 0.05) is 31.5 Å². The van der Waals surface area contributed by atoms with Gasteiger partial charge < -0.3 is 15.0 Å². The second-order valence-electron chi connectivity index (χ2n) is 7.73. The van der Waals surface area contributed by atoms with Crippen LogP contribution in [-0.4, -0.2) is 47.8 Å². The van der Waals surface area contributed by atoms with Crippen molar-refractivity contribution < 1.29 is 14.3 Å². The Morgan fingerprint density at radius 3 is 2.70 bits per heavy atom. The number of hydrogen-bond donors (Lipinski definition) is 1. The lowest BCUT2D eigenvalue weighted by molar-refractivity contribution is -0.120. The summed E-state index contributed by atoms with van der Waals surface area (Å²) in [6.07, 6.45) is 3.15. The number of carbonyl (C=O) groups excluding carboxylic acids is 2. The lowest BCUT2D eigenvalue weighted by atomic mass is 10.1. The highest BCUT2D eigenvalue weighted by atomic mass is 16.5. The molecule has 2 unspecified atom stereocenters. The number of nitrogens with one attached hydrogen (secondary N) is 1. The molecule has 30 heavy (non-hydrogen) atoms. The molecule has 1 amide bonds. The van der Waals surface area contributed by atoms with Crippen molar-refractivity contribution in [1.29, 1.82) is 0 Å². The third-order valence-corrected chi connectivity index (χ3v) is 5.47. The SMILES string of the molecule is CCC1OC(c2cccc(C)c2)=NC1C(=O)Nc1ccc(N2CCC(=O)CC2)nc1. The first-order valence-electron chi connectivity index (χ1n) is 10.4. The number of pyridine rings is 1. The van der Waals surface area contributed by atoms with Crippen LogP contribution in [0.4, 0.5) is 11.5 Å². The molecule has 1 aromatic heterocycles. The van der Waals surface area contributed by atoms with E-state index in [1.165, 1.54) is 0 Å². The fraction of sp³-hybridized carbons (Fsp3) is 0.391. The Balaban J connectivity index is 1.44. The van der Waals surface area contributed by atoms with E-state index in [0.717, 1.165) is 16.9 Å². The van der Waals surface area contributed by atoms with E-state index in [1.807, 2.05) is 50.2 Å². The number of hydrogen-bond acceptors (Lipinski definition) is 6. The molecule has 4 rings (SSSR count). The summed E-state index contributed by atoms with van der Waals surface area (Å²) in [6, 6.07) is 11.0. The van der Waals surface area contributed by atoms with Crippen molar-refractivity contribution in [2.45, 2.75) is 45.3 Å². The molecule has 7 nitrogen and oxygen atoms in total. The zero-order chi connectivity index (χ0) is 21.1. The van der Waals surface area contributed by atoms with Gasteiger partial charge in [0.2, 0.25) is 5.90 Å². The maximum atomic E-state index is 12.9. The zero-order valence-corrected chi connectivity index (χ0v) is 17.3. The highest BCUT2D eigenvalue weighted by Crippen LogP contribution is 2.23. The van der Waals surface area contributed by atoms with E-state index in [1.54, 1.807) is 6.20 Å². The third kappa shape index (κ3) is 4.35. The quantitative estimate of drug-likeness (QED) is 0.825. The van der Waals surface area contributed by atoms with Crippen LogP contribution in [0.2, 0.25) is 0 Å². The van der Waals surface area contributed by atoms with Gasteiger partial charge in [0.05, 0.1) is 11.9 Å². The van der Waals surface area contributed by atoms with Crippen molar-refractivity contribution in [2.75, 3.05) is 23.3 Å². The minimum Gasteiger partial charge on any atom is -0.471 e. The minimum atomic E-state index is -0.599. The second-order valence-corrected chi connectivity index (χ2v) is 7.73. The Kier molecular flexibility index (Phi) is 5.79. The molecule has 2 atom stereocenters. The molecule has 0 aliphatic carbocycles. The molecule has 2 aliphatic rings. The van der Waals surface area contributed by atoms with Crippen molar-refractivity contribution >= 4 is 29.1 Å². The smallest absolute Gasteiger partial charge is 0.253 e. The molecule has 7 heteroatoms. The normalized spacial score (nSPS) is 21.2. The van der Waals surface area contributed by atoms with E-state index in [2.05, 4.69) is 20.2 Å². The molecule has 1 aromatic carbocycles. The Bertz CT molecular complexity index is 961. The van der Waals surface area contributed by atoms with Gasteiger partial charge in [-0.15, -0.1) is 0 Å². The number of ketones is 1. The average Bonchev–Trinajstić information content (AvgIpc) is 3.20. The van der Waals surface area contributed by atoms with Crippen molar-refractivity contribution in [3.8, 4) is 0 Å². The number of ether oxygens (including phenoxy) is 1. The van der Waals surface area contributed by atoms with Gasteiger partial charge in [0.15, 0.2) is 6.04 Å². The summed E-state index contributed by atoms with van der Waals surface area (Å²) in [7, 11) is 0. The van der Waals surface area contributed by atoms with Crippen molar-refractivity contribution in [1.82, 2.24) is 4.98 Å². The average molecular weight is 406 g/mol. The standard InChI is InChI=1S/C23H26N4O3/c1-3-19-21(26-23(30-19)16-6-4-5-15(2)13-16)22(29)25-17-7-8-20(24-14-17)27-11-9-18(28)10-12-27/h4-8,13-14,19,21H,3,9-12H2,1-2H3,(H,25,29). The number of nitrogens with zero attached hydrogens (tertiary/aromatic N) is 3. The number of amides is 1. The van der Waals surface area contributed by atoms with Gasteiger partial charge in [-0.3, -0.25) is 9.59 Å². The number of aromatic nitrogens is 1. The Morgan fingerprint density at radius 1 is 1.23 bits per heavy atom. The predicted molar refractivity (Wildman–Crippen MR) is 116 cm³/mol. The summed E-state index contributed by atoms with van der Waals surface area (Å²) < 4.78 is 5.97. The van der Waals surface area contributed by atoms with E-state index < -0.39 is 6.04 Å². The van der Waals surface area contributed by atoms with Gasteiger partial charge in [0.1, 0.15) is 17.7 Å². The maximum Gasteiger partial charge on any atom is 0.253 e. The lowest BCUT2D eigenvalue weighted by Crippen LogP contribution is -2.35. The Morgan fingerprint density at radius 2 is 2.03 bits per heavy atom. The first-order chi connectivity index (χ1) is 14.5. The summed E-state index contributed by atoms with van der Waals surface area (Å²) in [6.45, 7) is 5.37. The molecule has 2 aromatic rings. The minimum absolute atomic E-state index is 0.206. The predicted octanol–water partition coefficient (Wildman–Crippen LogP) is 3.12. The monoisotopic (exact) mass is 406 g/mol. The molecular weight excluding hydrogens is 380 g/mol. The van der Waals surface area contributed by atoms with E-state index in [9.17, 15) is 9.59 Å². The molecular formula is C23H26N4O3. The number of anilines is 2. The van der Waals surface area contributed by atoms with Gasteiger partial charge in [-0.25, -0.2) is 9.98 Å². The number of Topliss-reactive ketones (excluding diaryl/α,β-unsaturated/α-hetero) is 1. The molecule has 1 fully saturated rings. The summed E-state index contributed by atoms with van der Waals surface area (Å²) in [5.74, 6) is 1.42. The van der Waals surface area contributed by atoms with Crippen molar-refractivity contribution in [3.05, 3.63) is 53.7 Å². The van der Waals surface area contributed by atoms with Crippen LogP contribution >= 0.6 is 0 Å². The van der Waals surface area contributed by atoms with Crippen LogP contribution in [0.3, 0.4) is 0 Å². The van der Waals surface area contributed by atoms with E-state index >= 15 is 0 Å². The fourth-order valence-electron chi connectivity index (χ4n) is 3.75. The second kappa shape index (κ2) is 8.65. The Hall–Kier alpha value is -3.22. The van der Waals surface area contributed by atoms with Crippen molar-refractivity contribution in [2.24, 2.45) is 4.99 Å². The molecule has 0 saturated carbocycles. The van der Waals surface area contributed by atoms with Gasteiger partial charge in [-0.2, -0.15) is 0 Å². The summed E-state index contributed by atoms with van der Waals surface area (Å²) in [4.78, 5) is 35.4. The first kappa shape index (κ1) is 20.1. The topological polar surface area (TPSA) is 83.9 Å². The zero-order valence-electron chi connectivity index (χ0n) is 17.3. The van der Waals surface area contributed by atoms with Crippen LogP contribution in [0.15, 0.2) is 47.6 Å². The fourth-order valence-corrected chi connectivity index (χ4v) is 3.75. The highest BCUT2D eigenvalue weighted by molar-refractivity contribution is 6.02. The molecule has 2 aliphatic heterocycles. The third-order valence-electron chi connectivity index (χ3n) is 5.47. The number of benzene rings is 1. The van der Waals surface area contributed by atoms with Crippen LogP contribution < -0.4 is 10.2 Å². The highest BCUT2D eigenvalue weighted by Gasteiger charge is 2.35. The summed E-state index contributed by atoms with van der Waals surface area (Å²) in [5.41, 5.74) is 2.62. The summed E-state index contributed by atoms with van der Waals surface area (Å²) >= 11 is 0. The van der Waals surface area contributed by atoms with Crippen LogP contribution in [0.1, 0.15) is 37.3 Å². The van der Waals surface area contributed by atoms with E-state index in [0.29, 0.717) is 49.7 Å². The molecule has 1 N–H and O–H groups in total. The van der Waals surface area contributed by atoms with Crippen LogP contribution in [0.5, 0.6) is 0 Å². The van der Waals surface area contributed by atoms with Gasteiger partial charge in [-0.1, -0.05) is 24.6 Å². The van der Waals surface area contributed by atoms with Gasteiger partial charge in [0.25, 0.3) is 5.91 Å². The maximum absolute atomic E-state index is 12.9.